The molecule has 3 nitrogen and oxygen atoms in total. The highest BCUT2D eigenvalue weighted by Crippen LogP contribution is 2.22. The monoisotopic (exact) mass is 188 g/mol. The first-order valence-corrected chi connectivity index (χ1v) is 4.41. The molecule has 1 aromatic carbocycles. The Morgan fingerprint density at radius 2 is 2.07 bits per heavy atom. The molecule has 0 spiro atoms. The normalized spacial score (nSPS) is 10.4. The molecule has 0 unspecified atom stereocenters. The van der Waals surface area contributed by atoms with Crippen LogP contribution in [0.2, 0.25) is 0 Å². The molecular weight excluding hydrogens is 176 g/mol. The van der Waals surface area contributed by atoms with Crippen molar-refractivity contribution in [3.05, 3.63) is 29.8 Å². The molecule has 0 amide bonds. The van der Waals surface area contributed by atoms with E-state index in [0.717, 1.165) is 22.2 Å². The van der Waals surface area contributed by atoms with Crippen molar-refractivity contribution >= 4 is 16.6 Å². The van der Waals surface area contributed by atoms with Gasteiger partial charge in [-0.15, -0.1) is 0 Å². The Labute approximate surface area is 82.5 Å². The molecule has 0 saturated heterocycles. The number of aryl methyl sites for hydroxylation is 1. The van der Waals surface area contributed by atoms with Gasteiger partial charge >= 0.3 is 0 Å². The van der Waals surface area contributed by atoms with Crippen molar-refractivity contribution in [3.63, 3.8) is 0 Å². The van der Waals surface area contributed by atoms with Crippen LogP contribution in [0.3, 0.4) is 0 Å². The van der Waals surface area contributed by atoms with Crippen LogP contribution in [0.15, 0.2) is 24.3 Å². The van der Waals surface area contributed by atoms with Gasteiger partial charge in [-0.2, -0.15) is 0 Å². The Hall–Kier alpha value is -1.77. The van der Waals surface area contributed by atoms with E-state index in [9.17, 15) is 0 Å². The summed E-state index contributed by atoms with van der Waals surface area (Å²) in [6.07, 6.45) is 0. The molecule has 14 heavy (non-hydrogen) atoms. The summed E-state index contributed by atoms with van der Waals surface area (Å²) in [7, 11) is 1.61. The van der Waals surface area contributed by atoms with E-state index in [1.54, 1.807) is 7.11 Å². The van der Waals surface area contributed by atoms with Crippen molar-refractivity contribution in [2.45, 2.75) is 6.92 Å². The quantitative estimate of drug-likeness (QED) is 0.697. The van der Waals surface area contributed by atoms with Crippen LogP contribution < -0.4 is 10.5 Å². The summed E-state index contributed by atoms with van der Waals surface area (Å²) >= 11 is 0. The Morgan fingerprint density at radius 3 is 2.79 bits per heavy atom. The molecule has 0 radical (unpaired) electrons. The molecule has 0 aliphatic rings. The van der Waals surface area contributed by atoms with E-state index in [1.807, 2.05) is 31.2 Å². The zero-order valence-corrected chi connectivity index (χ0v) is 8.24. The molecule has 3 heteroatoms. The van der Waals surface area contributed by atoms with Crippen molar-refractivity contribution in [2.24, 2.45) is 0 Å². The van der Waals surface area contributed by atoms with Gasteiger partial charge in [-0.05, 0) is 30.7 Å². The Morgan fingerprint density at radius 1 is 1.29 bits per heavy atom. The van der Waals surface area contributed by atoms with Gasteiger partial charge in [0.2, 0.25) is 5.88 Å². The maximum Gasteiger partial charge on any atom is 0.213 e. The molecule has 0 aliphatic heterocycles. The predicted octanol–water partition coefficient (Wildman–Crippen LogP) is 2.13. The zero-order chi connectivity index (χ0) is 10.1. The van der Waals surface area contributed by atoms with E-state index in [4.69, 9.17) is 10.5 Å². The second-order valence-electron chi connectivity index (χ2n) is 3.26. The minimum atomic E-state index is 0.630. The molecule has 2 N–H and O–H groups in total. The SMILES string of the molecule is COc1ccc2cc(N)cc(C)c2n1. The first kappa shape index (κ1) is 8.81. The van der Waals surface area contributed by atoms with Crippen LogP contribution in [0.4, 0.5) is 5.69 Å². The number of fused-ring (bicyclic) bond motifs is 1. The van der Waals surface area contributed by atoms with Gasteiger partial charge in [0.15, 0.2) is 0 Å². The number of benzene rings is 1. The molecular formula is C11H12N2O. The fourth-order valence-electron chi connectivity index (χ4n) is 1.54. The molecule has 0 bridgehead atoms. The van der Waals surface area contributed by atoms with Gasteiger partial charge in [0.05, 0.1) is 12.6 Å². The maximum atomic E-state index is 5.74. The third-order valence-corrected chi connectivity index (χ3v) is 2.19. The number of aromatic nitrogens is 1. The van der Waals surface area contributed by atoms with Crippen LogP contribution >= 0.6 is 0 Å². The first-order chi connectivity index (χ1) is 6.70. The fraction of sp³-hybridized carbons (Fsp3) is 0.182. The molecule has 0 atom stereocenters. The summed E-state index contributed by atoms with van der Waals surface area (Å²) in [5.41, 5.74) is 8.51. The molecule has 0 saturated carbocycles. The second kappa shape index (κ2) is 3.18. The van der Waals surface area contributed by atoms with Crippen LogP contribution in [0, 0.1) is 6.92 Å². The van der Waals surface area contributed by atoms with E-state index in [2.05, 4.69) is 4.98 Å². The third-order valence-electron chi connectivity index (χ3n) is 2.19. The van der Waals surface area contributed by atoms with Crippen molar-refractivity contribution in [1.82, 2.24) is 4.98 Å². The van der Waals surface area contributed by atoms with E-state index in [0.29, 0.717) is 5.88 Å². The van der Waals surface area contributed by atoms with Gasteiger partial charge in [-0.1, -0.05) is 0 Å². The van der Waals surface area contributed by atoms with Crippen LogP contribution in [0.25, 0.3) is 10.9 Å². The molecule has 1 aromatic heterocycles. The van der Waals surface area contributed by atoms with Crippen LogP contribution in [0.5, 0.6) is 5.88 Å². The number of nitrogens with two attached hydrogens (primary N) is 1. The van der Waals surface area contributed by atoms with Gasteiger partial charge in [0.1, 0.15) is 0 Å². The van der Waals surface area contributed by atoms with E-state index < -0.39 is 0 Å². The molecule has 1 heterocycles. The molecule has 2 rings (SSSR count). The number of hydrogen-bond donors (Lipinski definition) is 1. The van der Waals surface area contributed by atoms with Gasteiger partial charge < -0.3 is 10.5 Å². The summed E-state index contributed by atoms with van der Waals surface area (Å²) in [5.74, 6) is 0.630. The number of rotatable bonds is 1. The third kappa shape index (κ3) is 1.37. The van der Waals surface area contributed by atoms with Crippen LogP contribution in [0.1, 0.15) is 5.56 Å². The van der Waals surface area contributed by atoms with Gasteiger partial charge in [-0.25, -0.2) is 4.98 Å². The van der Waals surface area contributed by atoms with Gasteiger partial charge in [0.25, 0.3) is 0 Å². The Kier molecular flexibility index (Phi) is 2.00. The molecule has 2 aromatic rings. The van der Waals surface area contributed by atoms with Crippen molar-refractivity contribution < 1.29 is 4.74 Å². The number of anilines is 1. The number of pyridine rings is 1. The maximum absolute atomic E-state index is 5.74. The van der Waals surface area contributed by atoms with E-state index >= 15 is 0 Å². The van der Waals surface area contributed by atoms with Crippen molar-refractivity contribution in [1.29, 1.82) is 0 Å². The lowest BCUT2D eigenvalue weighted by atomic mass is 10.1. The molecule has 0 fully saturated rings. The summed E-state index contributed by atoms with van der Waals surface area (Å²) in [6.45, 7) is 1.99. The number of nitrogen functional groups attached to an aromatic ring is 1. The summed E-state index contributed by atoms with van der Waals surface area (Å²) < 4.78 is 5.07. The average molecular weight is 188 g/mol. The standard InChI is InChI=1S/C11H12N2O/c1-7-5-9(12)6-8-3-4-10(14-2)13-11(7)8/h3-6H,12H2,1-2H3. The highest BCUT2D eigenvalue weighted by molar-refractivity contribution is 5.85. The first-order valence-electron chi connectivity index (χ1n) is 4.41. The van der Waals surface area contributed by atoms with E-state index in [-0.39, 0.29) is 0 Å². The summed E-state index contributed by atoms with van der Waals surface area (Å²) in [6, 6.07) is 7.62. The summed E-state index contributed by atoms with van der Waals surface area (Å²) in [4.78, 5) is 4.36. The average Bonchev–Trinajstić information content (AvgIpc) is 2.17. The smallest absolute Gasteiger partial charge is 0.213 e. The number of nitrogens with zero attached hydrogens (tertiary/aromatic N) is 1. The highest BCUT2D eigenvalue weighted by Gasteiger charge is 2.02. The number of ether oxygens (including phenoxy) is 1. The van der Waals surface area contributed by atoms with Crippen molar-refractivity contribution in [2.75, 3.05) is 12.8 Å². The van der Waals surface area contributed by atoms with Crippen molar-refractivity contribution in [3.8, 4) is 5.88 Å². The van der Waals surface area contributed by atoms with Gasteiger partial charge in [0, 0.05) is 17.1 Å². The number of hydrogen-bond acceptors (Lipinski definition) is 3. The lowest BCUT2D eigenvalue weighted by Crippen LogP contribution is -1.92. The molecule has 72 valence electrons. The minimum Gasteiger partial charge on any atom is -0.481 e. The topological polar surface area (TPSA) is 48.1 Å². The molecule has 0 aliphatic carbocycles. The predicted molar refractivity (Wildman–Crippen MR) is 57.4 cm³/mol. The minimum absolute atomic E-state index is 0.630. The van der Waals surface area contributed by atoms with E-state index in [1.165, 1.54) is 0 Å². The van der Waals surface area contributed by atoms with Crippen LogP contribution in [-0.2, 0) is 0 Å². The number of methoxy groups -OCH3 is 1. The summed E-state index contributed by atoms with van der Waals surface area (Å²) in [5, 5.41) is 1.04. The lowest BCUT2D eigenvalue weighted by molar-refractivity contribution is 0.399. The fourth-order valence-corrected chi connectivity index (χ4v) is 1.54. The largest absolute Gasteiger partial charge is 0.481 e. The highest BCUT2D eigenvalue weighted by atomic mass is 16.5. The lowest BCUT2D eigenvalue weighted by Gasteiger charge is -2.05. The Bertz CT molecular complexity index is 480. The zero-order valence-electron chi connectivity index (χ0n) is 8.24. The second-order valence-corrected chi connectivity index (χ2v) is 3.26. The van der Waals surface area contributed by atoms with Gasteiger partial charge in [-0.3, -0.25) is 0 Å². The van der Waals surface area contributed by atoms with Crippen LogP contribution in [-0.4, -0.2) is 12.1 Å². The Balaban J connectivity index is 2.75.